The van der Waals surface area contributed by atoms with Gasteiger partial charge in [-0.2, -0.15) is 0 Å². The van der Waals surface area contributed by atoms with E-state index in [-0.39, 0.29) is 11.6 Å². The number of benzene rings is 2. The number of hydrogen-bond donors (Lipinski definition) is 1. The fourth-order valence-electron chi connectivity index (χ4n) is 4.50. The molecule has 9 heteroatoms. The number of pyridine rings is 1. The third-order valence-corrected chi connectivity index (χ3v) is 7.16. The van der Waals surface area contributed by atoms with Gasteiger partial charge in [0.15, 0.2) is 5.82 Å². The predicted molar refractivity (Wildman–Crippen MR) is 141 cm³/mol. The second kappa shape index (κ2) is 10.8. The molecule has 3 heterocycles. The summed E-state index contributed by atoms with van der Waals surface area (Å²) in [5, 5.41) is 15.7. The van der Waals surface area contributed by atoms with Crippen molar-refractivity contribution in [2.45, 2.75) is 39.0 Å². The SMILES string of the molecule is CC[C@@H](c1nnnn1Cc1ccccc1)N(Cc1cccs1)Cc1cc2cc(OC)ccc2[nH]c1=O. The van der Waals surface area contributed by atoms with Crippen LogP contribution in [0.4, 0.5) is 0 Å². The quantitative estimate of drug-likeness (QED) is 0.297. The van der Waals surface area contributed by atoms with E-state index in [4.69, 9.17) is 4.74 Å². The molecule has 3 aromatic heterocycles. The van der Waals surface area contributed by atoms with Crippen LogP contribution in [0, 0.1) is 0 Å². The van der Waals surface area contributed by atoms with E-state index >= 15 is 0 Å². The van der Waals surface area contributed by atoms with Crippen LogP contribution in [0.25, 0.3) is 10.9 Å². The summed E-state index contributed by atoms with van der Waals surface area (Å²) in [5.41, 5.74) is 2.51. The molecule has 8 nitrogen and oxygen atoms in total. The molecule has 0 radical (unpaired) electrons. The second-order valence-electron chi connectivity index (χ2n) is 8.67. The van der Waals surface area contributed by atoms with Gasteiger partial charge in [-0.1, -0.05) is 43.3 Å². The lowest BCUT2D eigenvalue weighted by atomic mass is 10.1. The lowest BCUT2D eigenvalue weighted by molar-refractivity contribution is 0.163. The highest BCUT2D eigenvalue weighted by Crippen LogP contribution is 2.28. The number of fused-ring (bicyclic) bond motifs is 1. The summed E-state index contributed by atoms with van der Waals surface area (Å²) in [5.74, 6) is 1.54. The van der Waals surface area contributed by atoms with E-state index in [1.165, 1.54) is 4.88 Å². The molecule has 0 amide bonds. The van der Waals surface area contributed by atoms with Crippen molar-refractivity contribution in [3.05, 3.63) is 104 Å². The lowest BCUT2D eigenvalue weighted by Gasteiger charge is -2.30. The molecule has 0 aliphatic carbocycles. The number of nitrogens with zero attached hydrogens (tertiary/aromatic N) is 5. The maximum Gasteiger partial charge on any atom is 0.252 e. The zero-order chi connectivity index (χ0) is 24.9. The summed E-state index contributed by atoms with van der Waals surface area (Å²) in [7, 11) is 1.64. The van der Waals surface area contributed by atoms with E-state index in [1.807, 2.05) is 53.2 Å². The van der Waals surface area contributed by atoms with E-state index in [1.54, 1.807) is 18.4 Å². The Balaban J connectivity index is 1.51. The third-order valence-electron chi connectivity index (χ3n) is 6.30. The highest BCUT2D eigenvalue weighted by Gasteiger charge is 2.26. The van der Waals surface area contributed by atoms with Gasteiger partial charge in [-0.05, 0) is 58.1 Å². The number of rotatable bonds is 10. The molecule has 0 aliphatic heterocycles. The summed E-state index contributed by atoms with van der Waals surface area (Å²) >= 11 is 1.70. The molecule has 36 heavy (non-hydrogen) atoms. The molecular weight excluding hydrogens is 472 g/mol. The maximum atomic E-state index is 13.1. The Morgan fingerprint density at radius 1 is 1.08 bits per heavy atom. The van der Waals surface area contributed by atoms with Gasteiger partial charge in [-0.3, -0.25) is 9.69 Å². The number of hydrogen-bond acceptors (Lipinski definition) is 7. The molecule has 0 spiro atoms. The molecule has 0 fully saturated rings. The van der Waals surface area contributed by atoms with Crippen LogP contribution in [0.5, 0.6) is 5.75 Å². The third kappa shape index (κ3) is 5.22. The van der Waals surface area contributed by atoms with Crippen molar-refractivity contribution in [2.75, 3.05) is 7.11 Å². The van der Waals surface area contributed by atoms with Gasteiger partial charge in [-0.15, -0.1) is 16.4 Å². The van der Waals surface area contributed by atoms with Crippen LogP contribution in [-0.4, -0.2) is 37.2 Å². The summed E-state index contributed by atoms with van der Waals surface area (Å²) in [4.78, 5) is 19.6. The molecule has 0 saturated carbocycles. The largest absolute Gasteiger partial charge is 0.497 e. The zero-order valence-electron chi connectivity index (χ0n) is 20.3. The van der Waals surface area contributed by atoms with Crippen molar-refractivity contribution in [2.24, 2.45) is 0 Å². The first-order valence-corrected chi connectivity index (χ1v) is 12.8. The van der Waals surface area contributed by atoms with Crippen LogP contribution < -0.4 is 10.3 Å². The number of aromatic amines is 1. The summed E-state index contributed by atoms with van der Waals surface area (Å²) < 4.78 is 7.25. The van der Waals surface area contributed by atoms with E-state index in [2.05, 4.69) is 55.9 Å². The highest BCUT2D eigenvalue weighted by atomic mass is 32.1. The van der Waals surface area contributed by atoms with Crippen LogP contribution in [0.3, 0.4) is 0 Å². The summed E-state index contributed by atoms with van der Waals surface area (Å²) in [6.07, 6.45) is 0.792. The summed E-state index contributed by atoms with van der Waals surface area (Å²) in [6.45, 7) is 3.85. The Labute approximate surface area is 213 Å². The standard InChI is InChI=1S/C27H28N6O2S/c1-3-25(26-29-30-31-33(26)16-19-8-5-4-6-9-19)32(18-23-10-7-13-36-23)17-21-14-20-15-22(35-2)11-12-24(20)28-27(21)34/h4-15,25H,3,16-18H2,1-2H3,(H,28,34)/t25-/m0/s1. The smallest absolute Gasteiger partial charge is 0.252 e. The van der Waals surface area contributed by atoms with Gasteiger partial charge in [-0.25, -0.2) is 4.68 Å². The van der Waals surface area contributed by atoms with Crippen molar-refractivity contribution in [3.8, 4) is 5.75 Å². The van der Waals surface area contributed by atoms with E-state index < -0.39 is 0 Å². The monoisotopic (exact) mass is 500 g/mol. The molecule has 5 rings (SSSR count). The van der Waals surface area contributed by atoms with Crippen LogP contribution in [0.2, 0.25) is 0 Å². The maximum absolute atomic E-state index is 13.1. The van der Waals surface area contributed by atoms with Crippen molar-refractivity contribution < 1.29 is 4.74 Å². The zero-order valence-corrected chi connectivity index (χ0v) is 21.1. The molecule has 0 aliphatic rings. The van der Waals surface area contributed by atoms with E-state index in [0.717, 1.165) is 34.5 Å². The summed E-state index contributed by atoms with van der Waals surface area (Å²) in [6, 6.07) is 21.9. The fourth-order valence-corrected chi connectivity index (χ4v) is 5.22. The first-order valence-electron chi connectivity index (χ1n) is 11.9. The fraction of sp³-hybridized carbons (Fsp3) is 0.259. The Bertz CT molecular complexity index is 1480. The van der Waals surface area contributed by atoms with Gasteiger partial charge in [0.2, 0.25) is 0 Å². The average molecular weight is 501 g/mol. The Kier molecular flexibility index (Phi) is 7.20. The molecule has 0 unspecified atom stereocenters. The number of H-pyrrole nitrogens is 1. The van der Waals surface area contributed by atoms with Gasteiger partial charge in [0, 0.05) is 34.4 Å². The van der Waals surface area contributed by atoms with Crippen molar-refractivity contribution in [1.29, 1.82) is 0 Å². The molecule has 5 aromatic rings. The van der Waals surface area contributed by atoms with E-state index in [9.17, 15) is 4.79 Å². The lowest BCUT2D eigenvalue weighted by Crippen LogP contribution is -2.32. The van der Waals surface area contributed by atoms with Gasteiger partial charge in [0.05, 0.1) is 19.7 Å². The number of methoxy groups -OCH3 is 1. The first-order chi connectivity index (χ1) is 17.6. The van der Waals surface area contributed by atoms with Gasteiger partial charge < -0.3 is 9.72 Å². The molecule has 1 atom stereocenters. The normalized spacial score (nSPS) is 12.3. The van der Waals surface area contributed by atoms with Gasteiger partial charge in [0.1, 0.15) is 5.75 Å². The molecule has 2 aromatic carbocycles. The van der Waals surface area contributed by atoms with Gasteiger partial charge >= 0.3 is 0 Å². The molecule has 184 valence electrons. The Morgan fingerprint density at radius 3 is 2.69 bits per heavy atom. The number of ether oxygens (including phenoxy) is 1. The second-order valence-corrected chi connectivity index (χ2v) is 9.70. The highest BCUT2D eigenvalue weighted by molar-refractivity contribution is 7.09. The minimum Gasteiger partial charge on any atom is -0.497 e. The van der Waals surface area contributed by atoms with Crippen LogP contribution in [-0.2, 0) is 19.6 Å². The van der Waals surface area contributed by atoms with E-state index in [0.29, 0.717) is 25.2 Å². The van der Waals surface area contributed by atoms with Crippen LogP contribution >= 0.6 is 11.3 Å². The minimum atomic E-state index is -0.0948. The molecule has 0 bridgehead atoms. The number of nitrogens with one attached hydrogen (secondary N) is 1. The Hall–Kier alpha value is -3.82. The number of thiophene rings is 1. The predicted octanol–water partition coefficient (Wildman–Crippen LogP) is 4.79. The van der Waals surface area contributed by atoms with Crippen LogP contribution in [0.15, 0.2) is 76.9 Å². The minimum absolute atomic E-state index is 0.0776. The molecule has 0 saturated heterocycles. The average Bonchev–Trinajstić information content (AvgIpc) is 3.58. The topological polar surface area (TPSA) is 88.9 Å². The Morgan fingerprint density at radius 2 is 1.94 bits per heavy atom. The number of tetrazole rings is 1. The van der Waals surface area contributed by atoms with Crippen molar-refractivity contribution in [3.63, 3.8) is 0 Å². The van der Waals surface area contributed by atoms with Crippen LogP contribution in [0.1, 0.15) is 41.2 Å². The van der Waals surface area contributed by atoms with Gasteiger partial charge in [0.25, 0.3) is 5.56 Å². The van der Waals surface area contributed by atoms with Crippen molar-refractivity contribution >= 4 is 22.2 Å². The molecular formula is C27H28N6O2S. The number of aromatic nitrogens is 5. The first kappa shape index (κ1) is 23.9. The molecule has 1 N–H and O–H groups in total. The van der Waals surface area contributed by atoms with Crippen molar-refractivity contribution in [1.82, 2.24) is 30.1 Å².